The van der Waals surface area contributed by atoms with Gasteiger partial charge in [-0.25, -0.2) is 0 Å². The third-order valence-electron chi connectivity index (χ3n) is 2.82. The second-order valence-corrected chi connectivity index (χ2v) is 5.44. The molecule has 2 aromatic rings. The van der Waals surface area contributed by atoms with E-state index in [9.17, 15) is 18.0 Å². The number of ketones is 1. The van der Waals surface area contributed by atoms with Gasteiger partial charge >= 0.3 is 6.18 Å². The van der Waals surface area contributed by atoms with Crippen molar-refractivity contribution in [2.45, 2.75) is 12.6 Å². The van der Waals surface area contributed by atoms with Crippen LogP contribution in [0.25, 0.3) is 0 Å². The van der Waals surface area contributed by atoms with Crippen LogP contribution < -0.4 is 0 Å². The number of alkyl halides is 3. The number of hydrogen-bond acceptors (Lipinski definition) is 1. The van der Waals surface area contributed by atoms with Gasteiger partial charge in [-0.15, -0.1) is 0 Å². The second kappa shape index (κ2) is 5.95. The number of Topliss-reactive ketones (excluding diaryl/α,β-unsaturated/α-hetero) is 1. The van der Waals surface area contributed by atoms with E-state index in [2.05, 4.69) is 22.6 Å². The standard InChI is InChI=1S/C15H10F3IO/c16-15(17,18)11-7-5-10(6-8-11)9-14(20)12-3-1-2-4-13(12)19/h1-8H,9H2. The minimum Gasteiger partial charge on any atom is -0.294 e. The van der Waals surface area contributed by atoms with Crippen molar-refractivity contribution in [1.29, 1.82) is 0 Å². The molecule has 0 aromatic heterocycles. The van der Waals surface area contributed by atoms with Gasteiger partial charge in [0.2, 0.25) is 0 Å². The average molecular weight is 390 g/mol. The van der Waals surface area contributed by atoms with E-state index >= 15 is 0 Å². The first-order valence-corrected chi connectivity index (χ1v) is 6.89. The molecule has 2 rings (SSSR count). The summed E-state index contributed by atoms with van der Waals surface area (Å²) in [6.45, 7) is 0. The smallest absolute Gasteiger partial charge is 0.294 e. The predicted molar refractivity (Wildman–Crippen MR) is 78.6 cm³/mol. The van der Waals surface area contributed by atoms with Crippen LogP contribution in [0.1, 0.15) is 21.5 Å². The lowest BCUT2D eigenvalue weighted by atomic mass is 10.0. The Labute approximate surface area is 128 Å². The van der Waals surface area contributed by atoms with Gasteiger partial charge in [-0.05, 0) is 46.4 Å². The Kier molecular flexibility index (Phi) is 4.47. The van der Waals surface area contributed by atoms with Gasteiger partial charge < -0.3 is 0 Å². The van der Waals surface area contributed by atoms with Gasteiger partial charge in [0.15, 0.2) is 5.78 Å². The van der Waals surface area contributed by atoms with E-state index in [0.29, 0.717) is 11.1 Å². The van der Waals surface area contributed by atoms with Gasteiger partial charge in [0.05, 0.1) is 5.56 Å². The summed E-state index contributed by atoms with van der Waals surface area (Å²) in [5.74, 6) is -0.102. The van der Waals surface area contributed by atoms with Gasteiger partial charge in [-0.1, -0.05) is 30.3 Å². The van der Waals surface area contributed by atoms with Gasteiger partial charge in [0.1, 0.15) is 0 Å². The van der Waals surface area contributed by atoms with Gasteiger partial charge in [0, 0.05) is 15.6 Å². The maximum Gasteiger partial charge on any atom is 0.416 e. The first kappa shape index (κ1) is 15.0. The molecule has 2 aromatic carbocycles. The molecule has 0 bridgehead atoms. The van der Waals surface area contributed by atoms with Crippen LogP contribution in [0.15, 0.2) is 48.5 Å². The Morgan fingerprint density at radius 2 is 1.60 bits per heavy atom. The Bertz CT molecular complexity index is 618. The number of rotatable bonds is 3. The van der Waals surface area contributed by atoms with Crippen molar-refractivity contribution >= 4 is 28.4 Å². The van der Waals surface area contributed by atoms with Crippen LogP contribution in [0.5, 0.6) is 0 Å². The van der Waals surface area contributed by atoms with E-state index in [-0.39, 0.29) is 12.2 Å². The zero-order valence-corrected chi connectivity index (χ0v) is 12.4. The molecular formula is C15H10F3IO. The molecule has 0 heterocycles. The number of hydrogen-bond donors (Lipinski definition) is 0. The lowest BCUT2D eigenvalue weighted by molar-refractivity contribution is -0.137. The number of carbonyl (C=O) groups excluding carboxylic acids is 1. The highest BCUT2D eigenvalue weighted by molar-refractivity contribution is 14.1. The summed E-state index contributed by atoms with van der Waals surface area (Å²) in [6, 6.07) is 11.8. The first-order valence-electron chi connectivity index (χ1n) is 5.82. The van der Waals surface area contributed by atoms with E-state index < -0.39 is 11.7 Å². The third kappa shape index (κ3) is 3.59. The molecule has 0 aliphatic carbocycles. The third-order valence-corrected chi connectivity index (χ3v) is 3.76. The monoisotopic (exact) mass is 390 g/mol. The highest BCUT2D eigenvalue weighted by Crippen LogP contribution is 2.29. The molecule has 20 heavy (non-hydrogen) atoms. The van der Waals surface area contributed by atoms with Crippen LogP contribution in [-0.2, 0) is 12.6 Å². The molecule has 0 spiro atoms. The normalized spacial score (nSPS) is 11.4. The lowest BCUT2D eigenvalue weighted by Gasteiger charge is -2.08. The molecule has 0 atom stereocenters. The van der Waals surface area contributed by atoms with Crippen molar-refractivity contribution in [3.05, 3.63) is 68.8 Å². The molecule has 0 N–H and O–H groups in total. The summed E-state index contributed by atoms with van der Waals surface area (Å²) in [4.78, 5) is 12.1. The number of halogens is 4. The Morgan fingerprint density at radius 3 is 2.15 bits per heavy atom. The Balaban J connectivity index is 2.15. The molecule has 104 valence electrons. The van der Waals surface area contributed by atoms with E-state index in [0.717, 1.165) is 15.7 Å². The van der Waals surface area contributed by atoms with Gasteiger partial charge in [0.25, 0.3) is 0 Å². The highest BCUT2D eigenvalue weighted by atomic mass is 127. The van der Waals surface area contributed by atoms with Crippen LogP contribution in [0.3, 0.4) is 0 Å². The first-order chi connectivity index (χ1) is 9.38. The lowest BCUT2D eigenvalue weighted by Crippen LogP contribution is -2.07. The van der Waals surface area contributed by atoms with Crippen molar-refractivity contribution < 1.29 is 18.0 Å². The largest absolute Gasteiger partial charge is 0.416 e. The topological polar surface area (TPSA) is 17.1 Å². The summed E-state index contributed by atoms with van der Waals surface area (Å²) in [5, 5.41) is 0. The Morgan fingerprint density at radius 1 is 1.00 bits per heavy atom. The van der Waals surface area contributed by atoms with Gasteiger partial charge in [-0.2, -0.15) is 13.2 Å². The molecule has 0 amide bonds. The Hall–Kier alpha value is -1.37. The fourth-order valence-electron chi connectivity index (χ4n) is 1.78. The second-order valence-electron chi connectivity index (χ2n) is 4.27. The zero-order valence-electron chi connectivity index (χ0n) is 10.2. The van der Waals surface area contributed by atoms with E-state index in [1.165, 1.54) is 12.1 Å². The van der Waals surface area contributed by atoms with E-state index in [4.69, 9.17) is 0 Å². The summed E-state index contributed by atoms with van der Waals surface area (Å²) in [5.41, 5.74) is 0.457. The number of carbonyl (C=O) groups is 1. The molecule has 0 saturated heterocycles. The van der Waals surface area contributed by atoms with Crippen LogP contribution >= 0.6 is 22.6 Å². The zero-order chi connectivity index (χ0) is 14.8. The van der Waals surface area contributed by atoms with Crippen LogP contribution in [0.4, 0.5) is 13.2 Å². The molecule has 1 nitrogen and oxygen atoms in total. The van der Waals surface area contributed by atoms with E-state index in [1.54, 1.807) is 12.1 Å². The molecule has 0 radical (unpaired) electrons. The summed E-state index contributed by atoms with van der Waals surface area (Å²) in [6.07, 6.45) is -4.25. The fourth-order valence-corrected chi connectivity index (χ4v) is 2.47. The quantitative estimate of drug-likeness (QED) is 0.547. The maximum atomic E-state index is 12.4. The van der Waals surface area contributed by atoms with Crippen LogP contribution in [-0.4, -0.2) is 5.78 Å². The fraction of sp³-hybridized carbons (Fsp3) is 0.133. The molecule has 0 fully saturated rings. The van der Waals surface area contributed by atoms with Crippen molar-refractivity contribution in [1.82, 2.24) is 0 Å². The number of benzene rings is 2. The maximum absolute atomic E-state index is 12.4. The van der Waals surface area contributed by atoms with E-state index in [1.807, 2.05) is 12.1 Å². The SMILES string of the molecule is O=C(Cc1ccc(C(F)(F)F)cc1)c1ccccc1I. The summed E-state index contributed by atoms with van der Waals surface area (Å²) >= 11 is 2.06. The van der Waals surface area contributed by atoms with Crippen molar-refractivity contribution in [3.63, 3.8) is 0 Å². The molecule has 0 aliphatic rings. The van der Waals surface area contributed by atoms with Crippen molar-refractivity contribution in [3.8, 4) is 0 Å². The molecule has 0 unspecified atom stereocenters. The molecule has 0 saturated carbocycles. The summed E-state index contributed by atoms with van der Waals surface area (Å²) in [7, 11) is 0. The molecular weight excluding hydrogens is 380 g/mol. The van der Waals surface area contributed by atoms with Crippen molar-refractivity contribution in [2.75, 3.05) is 0 Å². The predicted octanol–water partition coefficient (Wildman–Crippen LogP) is 4.74. The molecule has 0 aliphatic heterocycles. The van der Waals surface area contributed by atoms with Crippen molar-refractivity contribution in [2.24, 2.45) is 0 Å². The van der Waals surface area contributed by atoms with Crippen LogP contribution in [0.2, 0.25) is 0 Å². The molecule has 5 heteroatoms. The average Bonchev–Trinajstić information content (AvgIpc) is 2.38. The summed E-state index contributed by atoms with van der Waals surface area (Å²) < 4.78 is 38.1. The van der Waals surface area contributed by atoms with Crippen LogP contribution in [0, 0.1) is 3.57 Å². The van der Waals surface area contributed by atoms with Gasteiger partial charge in [-0.3, -0.25) is 4.79 Å². The minimum absolute atomic E-state index is 0.0954. The minimum atomic E-state index is -4.35. The highest BCUT2D eigenvalue weighted by Gasteiger charge is 2.29.